The average molecular weight is 599 g/mol. The second-order valence-corrected chi connectivity index (χ2v) is 12.3. The zero-order valence-electron chi connectivity index (χ0n) is 22.7. The Kier molecular flexibility index (Phi) is 10.8. The number of carboxylic acids is 1. The Morgan fingerprint density at radius 1 is 0.951 bits per heavy atom. The van der Waals surface area contributed by atoms with E-state index in [-0.39, 0.29) is 10.9 Å². The van der Waals surface area contributed by atoms with E-state index in [0.717, 1.165) is 56.6 Å². The van der Waals surface area contributed by atoms with Crippen LogP contribution in [0.4, 0.5) is 16.2 Å². The highest BCUT2D eigenvalue weighted by Crippen LogP contribution is 2.23. The maximum atomic E-state index is 13.1. The highest BCUT2D eigenvalue weighted by Gasteiger charge is 2.21. The smallest absolute Gasteiger partial charge is 0.326 e. The molecule has 0 aromatic heterocycles. The van der Waals surface area contributed by atoms with E-state index in [4.69, 9.17) is 16.7 Å². The van der Waals surface area contributed by atoms with E-state index in [1.807, 2.05) is 30.3 Å². The number of sulfonamides is 1. The lowest BCUT2D eigenvalue weighted by molar-refractivity contribution is -0.135. The fraction of sp³-hybridized carbons (Fsp3) is 0.333. The molecule has 0 saturated carbocycles. The first kappa shape index (κ1) is 30.5. The first-order valence-corrected chi connectivity index (χ1v) is 15.5. The van der Waals surface area contributed by atoms with Gasteiger partial charge in [0.25, 0.3) is 0 Å². The summed E-state index contributed by atoms with van der Waals surface area (Å²) in [5.74, 6) is -0.727. The van der Waals surface area contributed by atoms with Crippen molar-refractivity contribution in [2.45, 2.75) is 30.6 Å². The van der Waals surface area contributed by atoms with Crippen molar-refractivity contribution in [3.63, 3.8) is 0 Å². The van der Waals surface area contributed by atoms with Crippen molar-refractivity contribution in [2.75, 3.05) is 42.9 Å². The number of hydrogen-bond donors (Lipinski definition) is 3. The van der Waals surface area contributed by atoms with Gasteiger partial charge < -0.3 is 15.3 Å². The topological polar surface area (TPSA) is 119 Å². The van der Waals surface area contributed by atoms with Gasteiger partial charge in [-0.15, -0.1) is 0 Å². The number of benzene rings is 3. The molecular formula is C30H35ClN4O5S. The summed E-state index contributed by atoms with van der Waals surface area (Å²) in [5.41, 5.74) is 2.59. The van der Waals surface area contributed by atoms with Crippen LogP contribution in [0.5, 0.6) is 0 Å². The highest BCUT2D eigenvalue weighted by atomic mass is 35.5. The fourth-order valence-electron chi connectivity index (χ4n) is 4.92. The van der Waals surface area contributed by atoms with Gasteiger partial charge in [-0.3, -0.25) is 9.69 Å². The summed E-state index contributed by atoms with van der Waals surface area (Å²) < 4.78 is 26.5. The molecule has 1 saturated heterocycles. The van der Waals surface area contributed by atoms with Crippen molar-refractivity contribution >= 4 is 45.0 Å². The molecule has 0 aliphatic carbocycles. The minimum absolute atomic E-state index is 0.0590. The van der Waals surface area contributed by atoms with Gasteiger partial charge >= 0.3 is 12.0 Å². The number of aliphatic carboxylic acids is 1. The summed E-state index contributed by atoms with van der Waals surface area (Å²) >= 11 is 5.97. The first-order chi connectivity index (χ1) is 19.7. The molecule has 0 atom stereocenters. The summed E-state index contributed by atoms with van der Waals surface area (Å²) in [5, 5.41) is 12.3. The van der Waals surface area contributed by atoms with Crippen molar-refractivity contribution in [3.05, 3.63) is 89.4 Å². The third-order valence-corrected chi connectivity index (χ3v) is 8.81. The minimum atomic E-state index is -3.84. The van der Waals surface area contributed by atoms with Gasteiger partial charge in [-0.1, -0.05) is 41.9 Å². The number of para-hydroxylation sites is 1. The lowest BCUT2D eigenvalue weighted by Gasteiger charge is -2.32. The van der Waals surface area contributed by atoms with Crippen molar-refractivity contribution in [2.24, 2.45) is 5.92 Å². The molecule has 4 rings (SSSR count). The van der Waals surface area contributed by atoms with Crippen LogP contribution in [-0.4, -0.2) is 63.1 Å². The summed E-state index contributed by atoms with van der Waals surface area (Å²) in [6.07, 6.45) is 3.78. The van der Waals surface area contributed by atoms with E-state index < -0.39 is 22.5 Å². The number of anilines is 2. The quantitative estimate of drug-likeness (QED) is 0.267. The van der Waals surface area contributed by atoms with Crippen LogP contribution in [0, 0.1) is 5.92 Å². The predicted octanol–water partition coefficient (Wildman–Crippen LogP) is 5.09. The van der Waals surface area contributed by atoms with Crippen LogP contribution in [0.25, 0.3) is 0 Å². The lowest BCUT2D eigenvalue weighted by Crippen LogP contribution is -2.39. The van der Waals surface area contributed by atoms with Gasteiger partial charge in [-0.2, -0.15) is 4.72 Å². The van der Waals surface area contributed by atoms with Gasteiger partial charge in [-0.05, 0) is 105 Å². The number of likely N-dealkylation sites (tertiary alicyclic amines) is 1. The summed E-state index contributed by atoms with van der Waals surface area (Å²) in [4.78, 5) is 28.1. The minimum Gasteiger partial charge on any atom is -0.480 e. The molecule has 0 spiro atoms. The molecule has 3 N–H and O–H groups in total. The number of carboxylic acid groups (broad SMARTS) is 1. The Balaban J connectivity index is 1.24. The van der Waals surface area contributed by atoms with Gasteiger partial charge in [0.05, 0.1) is 4.90 Å². The summed E-state index contributed by atoms with van der Waals surface area (Å²) in [6.45, 7) is 2.76. The monoisotopic (exact) mass is 598 g/mol. The molecule has 9 nitrogen and oxygen atoms in total. The molecule has 0 bridgehead atoms. The largest absolute Gasteiger partial charge is 0.480 e. The van der Waals surface area contributed by atoms with E-state index in [1.54, 1.807) is 41.3 Å². The van der Waals surface area contributed by atoms with Crippen molar-refractivity contribution in [3.8, 4) is 0 Å². The summed E-state index contributed by atoms with van der Waals surface area (Å²) in [6, 6.07) is 23.2. The van der Waals surface area contributed by atoms with E-state index in [9.17, 15) is 18.0 Å². The Morgan fingerprint density at radius 2 is 1.61 bits per heavy atom. The number of carbonyl (C=O) groups is 2. The number of urea groups is 1. The maximum Gasteiger partial charge on any atom is 0.326 e. The Morgan fingerprint density at radius 3 is 2.24 bits per heavy atom. The van der Waals surface area contributed by atoms with Gasteiger partial charge in [0, 0.05) is 22.9 Å². The van der Waals surface area contributed by atoms with Gasteiger partial charge in [0.2, 0.25) is 10.0 Å². The molecule has 3 aromatic carbocycles. The molecule has 218 valence electrons. The first-order valence-electron chi connectivity index (χ1n) is 13.6. The number of halogens is 1. The van der Waals surface area contributed by atoms with Crippen molar-refractivity contribution < 1.29 is 23.1 Å². The molecule has 0 radical (unpaired) electrons. The van der Waals surface area contributed by atoms with Crippen LogP contribution >= 0.6 is 11.6 Å². The SMILES string of the molecule is O=C(O)CNS(=O)(=O)c1ccc(CC2CCN(CCCN(C(=O)Nc3ccc(Cl)cc3)c3ccccc3)CC2)cc1. The molecule has 11 heteroatoms. The van der Waals surface area contributed by atoms with E-state index in [0.29, 0.717) is 23.2 Å². The number of nitrogens with one attached hydrogen (secondary N) is 2. The van der Waals surface area contributed by atoms with Gasteiger partial charge in [0.15, 0.2) is 0 Å². The molecule has 3 aromatic rings. The molecule has 1 heterocycles. The third kappa shape index (κ3) is 9.29. The number of hydrogen-bond acceptors (Lipinski definition) is 5. The van der Waals surface area contributed by atoms with E-state index in [2.05, 4.69) is 14.9 Å². The standard InChI is InChI=1S/C30H35ClN4O5S/c31-25-9-11-26(12-10-25)33-30(38)35(27-5-2-1-3-6-27)18-4-17-34-19-15-24(16-20-34)21-23-7-13-28(14-8-23)41(39,40)32-22-29(36)37/h1-3,5-14,24,32H,4,15-22H2,(H,33,38)(H,36,37). The van der Waals surface area contributed by atoms with E-state index >= 15 is 0 Å². The van der Waals surface area contributed by atoms with Crippen LogP contribution in [-0.2, 0) is 21.2 Å². The molecule has 1 aliphatic rings. The van der Waals surface area contributed by atoms with Crippen LogP contribution in [0.1, 0.15) is 24.8 Å². The number of nitrogens with zero attached hydrogens (tertiary/aromatic N) is 2. The average Bonchev–Trinajstić information content (AvgIpc) is 2.97. The second-order valence-electron chi connectivity index (χ2n) is 10.1. The van der Waals surface area contributed by atoms with Crippen LogP contribution in [0.3, 0.4) is 0 Å². The molecular weight excluding hydrogens is 564 g/mol. The Hall–Kier alpha value is -3.44. The van der Waals surface area contributed by atoms with Gasteiger partial charge in [-0.25, -0.2) is 13.2 Å². The number of rotatable bonds is 12. The Bertz CT molecular complexity index is 1400. The van der Waals surface area contributed by atoms with Crippen LogP contribution < -0.4 is 14.9 Å². The summed E-state index contributed by atoms with van der Waals surface area (Å²) in [7, 11) is -3.84. The molecule has 0 unspecified atom stereocenters. The van der Waals surface area contributed by atoms with Crippen LogP contribution in [0.15, 0.2) is 83.8 Å². The number of carbonyl (C=O) groups excluding carboxylic acids is 1. The Labute approximate surface area is 246 Å². The van der Waals surface area contributed by atoms with E-state index in [1.165, 1.54) is 12.1 Å². The number of piperidine rings is 1. The maximum absolute atomic E-state index is 13.1. The highest BCUT2D eigenvalue weighted by molar-refractivity contribution is 7.89. The van der Waals surface area contributed by atoms with Crippen molar-refractivity contribution in [1.82, 2.24) is 9.62 Å². The normalized spacial score (nSPS) is 14.5. The lowest BCUT2D eigenvalue weighted by atomic mass is 9.90. The predicted molar refractivity (Wildman–Crippen MR) is 161 cm³/mol. The molecule has 1 aliphatic heterocycles. The molecule has 2 amide bonds. The second kappa shape index (κ2) is 14.5. The molecule has 1 fully saturated rings. The molecule has 41 heavy (non-hydrogen) atoms. The van der Waals surface area contributed by atoms with Crippen molar-refractivity contribution in [1.29, 1.82) is 0 Å². The third-order valence-electron chi connectivity index (χ3n) is 7.14. The zero-order chi connectivity index (χ0) is 29.2. The van der Waals surface area contributed by atoms with Gasteiger partial charge in [0.1, 0.15) is 6.54 Å². The fourth-order valence-corrected chi connectivity index (χ4v) is 6.03. The van der Waals surface area contributed by atoms with Crippen LogP contribution in [0.2, 0.25) is 5.02 Å². The zero-order valence-corrected chi connectivity index (χ0v) is 24.3. The number of amides is 2.